The number of nitrogens with zero attached hydrogens (tertiary/aromatic N) is 1. The van der Waals surface area contributed by atoms with Crippen molar-refractivity contribution in [3.05, 3.63) is 35.4 Å². The lowest BCUT2D eigenvalue weighted by Crippen LogP contribution is -2.39. The van der Waals surface area contributed by atoms with Crippen molar-refractivity contribution in [1.82, 2.24) is 4.90 Å². The maximum absolute atomic E-state index is 13.3. The van der Waals surface area contributed by atoms with Gasteiger partial charge >= 0.3 is 5.97 Å². The highest BCUT2D eigenvalue weighted by Gasteiger charge is 2.29. The Morgan fingerprint density at radius 2 is 2.00 bits per heavy atom. The summed E-state index contributed by atoms with van der Waals surface area (Å²) in [6.07, 6.45) is 4.10. The van der Waals surface area contributed by atoms with Crippen molar-refractivity contribution in [1.29, 1.82) is 0 Å². The summed E-state index contributed by atoms with van der Waals surface area (Å²) in [6.45, 7) is 1.76. The SMILES string of the molecule is CC(c1ccc(F)c(F)c1)N(CC(=O)O)C1CCCC1. The molecule has 1 saturated carbocycles. The van der Waals surface area contributed by atoms with Gasteiger partial charge < -0.3 is 5.11 Å². The summed E-state index contributed by atoms with van der Waals surface area (Å²) in [4.78, 5) is 12.9. The molecule has 1 N–H and O–H groups in total. The number of benzene rings is 1. The smallest absolute Gasteiger partial charge is 0.317 e. The van der Waals surface area contributed by atoms with Gasteiger partial charge in [-0.05, 0) is 37.5 Å². The molecule has 1 aliphatic carbocycles. The third-order valence-corrected chi connectivity index (χ3v) is 4.04. The fourth-order valence-corrected chi connectivity index (χ4v) is 2.94. The largest absolute Gasteiger partial charge is 0.480 e. The standard InChI is InChI=1S/C15H19F2NO2/c1-10(11-6-7-13(16)14(17)8-11)18(9-15(19)20)12-4-2-3-5-12/h6-8,10,12H,2-5,9H2,1H3,(H,19,20). The van der Waals surface area contributed by atoms with Gasteiger partial charge in [-0.2, -0.15) is 0 Å². The van der Waals surface area contributed by atoms with Crippen molar-refractivity contribution in [2.24, 2.45) is 0 Å². The minimum absolute atomic E-state index is 0.0785. The fourth-order valence-electron chi connectivity index (χ4n) is 2.94. The Kier molecular flexibility index (Phi) is 4.70. The highest BCUT2D eigenvalue weighted by atomic mass is 19.2. The first-order valence-corrected chi connectivity index (χ1v) is 6.91. The molecule has 0 spiro atoms. The molecular weight excluding hydrogens is 264 g/mol. The van der Waals surface area contributed by atoms with Crippen LogP contribution in [0.2, 0.25) is 0 Å². The molecule has 2 rings (SSSR count). The molecule has 110 valence electrons. The van der Waals surface area contributed by atoms with Crippen LogP contribution in [0.25, 0.3) is 0 Å². The van der Waals surface area contributed by atoms with E-state index in [0.29, 0.717) is 5.56 Å². The maximum Gasteiger partial charge on any atom is 0.317 e. The monoisotopic (exact) mass is 283 g/mol. The first-order chi connectivity index (χ1) is 9.49. The molecule has 1 atom stereocenters. The summed E-state index contributed by atoms with van der Waals surface area (Å²) in [5.41, 5.74) is 0.608. The van der Waals surface area contributed by atoms with Crippen LogP contribution < -0.4 is 0 Å². The normalized spacial score (nSPS) is 17.6. The number of halogens is 2. The summed E-state index contributed by atoms with van der Waals surface area (Å²) in [5.74, 6) is -2.67. The topological polar surface area (TPSA) is 40.5 Å². The van der Waals surface area contributed by atoms with Crippen LogP contribution in [-0.4, -0.2) is 28.6 Å². The lowest BCUT2D eigenvalue weighted by molar-refractivity contribution is -0.139. The molecule has 1 aromatic carbocycles. The van der Waals surface area contributed by atoms with Crippen molar-refractivity contribution in [3.63, 3.8) is 0 Å². The van der Waals surface area contributed by atoms with E-state index in [1.54, 1.807) is 0 Å². The zero-order valence-corrected chi connectivity index (χ0v) is 11.5. The lowest BCUT2D eigenvalue weighted by Gasteiger charge is -2.33. The van der Waals surface area contributed by atoms with Gasteiger partial charge in [0.2, 0.25) is 0 Å². The molecule has 0 aromatic heterocycles. The Balaban J connectivity index is 2.21. The van der Waals surface area contributed by atoms with Gasteiger partial charge in [-0.25, -0.2) is 8.78 Å². The molecule has 1 unspecified atom stereocenters. The van der Waals surface area contributed by atoms with Crippen molar-refractivity contribution < 1.29 is 18.7 Å². The fraction of sp³-hybridized carbons (Fsp3) is 0.533. The van der Waals surface area contributed by atoms with Crippen molar-refractivity contribution in [2.75, 3.05) is 6.54 Å². The number of aliphatic carboxylic acids is 1. The number of carboxylic acid groups (broad SMARTS) is 1. The van der Waals surface area contributed by atoms with Gasteiger partial charge in [0.25, 0.3) is 0 Å². The van der Waals surface area contributed by atoms with Gasteiger partial charge in [-0.15, -0.1) is 0 Å². The molecule has 0 amide bonds. The molecule has 0 bridgehead atoms. The average Bonchev–Trinajstić information content (AvgIpc) is 2.92. The van der Waals surface area contributed by atoms with E-state index >= 15 is 0 Å². The maximum atomic E-state index is 13.3. The van der Waals surface area contributed by atoms with Crippen LogP contribution in [0.1, 0.15) is 44.2 Å². The van der Waals surface area contributed by atoms with Crippen molar-refractivity contribution >= 4 is 5.97 Å². The summed E-state index contributed by atoms with van der Waals surface area (Å²) in [7, 11) is 0. The lowest BCUT2D eigenvalue weighted by atomic mass is 10.0. The Labute approximate surface area is 117 Å². The average molecular weight is 283 g/mol. The molecule has 5 heteroatoms. The molecule has 0 radical (unpaired) electrons. The molecule has 1 aromatic rings. The van der Waals surface area contributed by atoms with Crippen molar-refractivity contribution in [2.45, 2.75) is 44.7 Å². The van der Waals surface area contributed by atoms with Gasteiger partial charge in [0.1, 0.15) is 0 Å². The van der Waals surface area contributed by atoms with Crippen molar-refractivity contribution in [3.8, 4) is 0 Å². The molecule has 3 nitrogen and oxygen atoms in total. The Morgan fingerprint density at radius 3 is 2.55 bits per heavy atom. The molecule has 1 aliphatic rings. The van der Waals surface area contributed by atoms with Crippen LogP contribution in [0.15, 0.2) is 18.2 Å². The highest BCUT2D eigenvalue weighted by Crippen LogP contribution is 2.31. The summed E-state index contributed by atoms with van der Waals surface area (Å²) >= 11 is 0. The van der Waals surface area contributed by atoms with Gasteiger partial charge in [-0.3, -0.25) is 9.69 Å². The van der Waals surface area contributed by atoms with E-state index in [2.05, 4.69) is 0 Å². The van der Waals surface area contributed by atoms with E-state index in [4.69, 9.17) is 5.11 Å². The molecule has 0 aliphatic heterocycles. The summed E-state index contributed by atoms with van der Waals surface area (Å²) < 4.78 is 26.3. The van der Waals surface area contributed by atoms with E-state index < -0.39 is 17.6 Å². The predicted molar refractivity (Wildman–Crippen MR) is 71.4 cm³/mol. The van der Waals surface area contributed by atoms with Gasteiger partial charge in [0.05, 0.1) is 6.54 Å². The summed E-state index contributed by atoms with van der Waals surface area (Å²) in [5, 5.41) is 9.06. The van der Waals surface area contributed by atoms with Gasteiger partial charge in [0, 0.05) is 12.1 Å². The number of hydrogen-bond acceptors (Lipinski definition) is 2. The molecule has 0 heterocycles. The first kappa shape index (κ1) is 14.9. The zero-order chi connectivity index (χ0) is 14.7. The third-order valence-electron chi connectivity index (χ3n) is 4.04. The van der Waals surface area contributed by atoms with Crippen LogP contribution in [-0.2, 0) is 4.79 Å². The van der Waals surface area contributed by atoms with E-state index in [0.717, 1.165) is 37.8 Å². The van der Waals surface area contributed by atoms with E-state index in [1.807, 2.05) is 11.8 Å². The second kappa shape index (κ2) is 6.31. The second-order valence-corrected chi connectivity index (χ2v) is 5.35. The summed E-state index contributed by atoms with van der Waals surface area (Å²) in [6, 6.07) is 3.73. The Bertz CT molecular complexity index is 487. The highest BCUT2D eigenvalue weighted by molar-refractivity contribution is 5.69. The Morgan fingerprint density at radius 1 is 1.35 bits per heavy atom. The number of carboxylic acids is 1. The van der Waals surface area contributed by atoms with Crippen LogP contribution in [0.4, 0.5) is 8.78 Å². The quantitative estimate of drug-likeness (QED) is 0.901. The minimum atomic E-state index is -0.897. The number of rotatable bonds is 5. The van der Waals surface area contributed by atoms with Crippen LogP contribution in [0, 0.1) is 11.6 Å². The third kappa shape index (κ3) is 3.33. The first-order valence-electron chi connectivity index (χ1n) is 6.91. The molecule has 0 saturated heterocycles. The van der Waals surface area contributed by atoms with Crippen LogP contribution >= 0.6 is 0 Å². The minimum Gasteiger partial charge on any atom is -0.480 e. The van der Waals surface area contributed by atoms with Crippen LogP contribution in [0.5, 0.6) is 0 Å². The van der Waals surface area contributed by atoms with Crippen LogP contribution in [0.3, 0.4) is 0 Å². The molecule has 1 fully saturated rings. The number of hydrogen-bond donors (Lipinski definition) is 1. The Hall–Kier alpha value is -1.49. The predicted octanol–water partition coefficient (Wildman–Crippen LogP) is 3.36. The van der Waals surface area contributed by atoms with E-state index in [-0.39, 0.29) is 18.6 Å². The van der Waals surface area contributed by atoms with Gasteiger partial charge in [0.15, 0.2) is 11.6 Å². The van der Waals surface area contributed by atoms with E-state index in [1.165, 1.54) is 6.07 Å². The zero-order valence-electron chi connectivity index (χ0n) is 11.5. The number of carbonyl (C=O) groups is 1. The molecular formula is C15H19F2NO2. The molecule has 20 heavy (non-hydrogen) atoms. The second-order valence-electron chi connectivity index (χ2n) is 5.35. The van der Waals surface area contributed by atoms with Gasteiger partial charge in [-0.1, -0.05) is 18.9 Å². The van der Waals surface area contributed by atoms with E-state index in [9.17, 15) is 13.6 Å².